The zero-order valence-electron chi connectivity index (χ0n) is 10.8. The van der Waals surface area contributed by atoms with E-state index in [0.717, 1.165) is 18.7 Å². The van der Waals surface area contributed by atoms with Crippen LogP contribution in [0.2, 0.25) is 0 Å². The summed E-state index contributed by atoms with van der Waals surface area (Å²) in [6, 6.07) is 7.13. The largest absolute Gasteiger partial charge is 0.399 e. The van der Waals surface area contributed by atoms with Gasteiger partial charge in [0.15, 0.2) is 5.78 Å². The van der Waals surface area contributed by atoms with E-state index in [1.807, 2.05) is 0 Å². The first-order valence-electron chi connectivity index (χ1n) is 6.20. The van der Waals surface area contributed by atoms with Gasteiger partial charge in [0, 0.05) is 24.2 Å². The van der Waals surface area contributed by atoms with Crippen LogP contribution in [0, 0.1) is 0 Å². The Morgan fingerprint density at radius 2 is 1.88 bits per heavy atom. The summed E-state index contributed by atoms with van der Waals surface area (Å²) < 4.78 is 0. The fourth-order valence-electron chi connectivity index (χ4n) is 1.65. The molecule has 1 rings (SSSR count). The van der Waals surface area contributed by atoms with Crippen molar-refractivity contribution >= 4 is 11.5 Å². The molecule has 17 heavy (non-hydrogen) atoms. The van der Waals surface area contributed by atoms with Crippen LogP contribution in [0.4, 0.5) is 5.69 Å². The molecule has 0 radical (unpaired) electrons. The molecular weight excluding hydrogens is 212 g/mol. The highest BCUT2D eigenvalue weighted by Gasteiger charge is 2.06. The molecular formula is C14H22N2O. The van der Waals surface area contributed by atoms with Crippen LogP contribution < -0.4 is 5.73 Å². The number of hydrogen-bond acceptors (Lipinski definition) is 3. The Morgan fingerprint density at radius 3 is 2.47 bits per heavy atom. The van der Waals surface area contributed by atoms with Crippen molar-refractivity contribution in [1.82, 2.24) is 4.90 Å². The Kier molecular flexibility index (Phi) is 5.70. The monoisotopic (exact) mass is 234 g/mol. The molecule has 0 atom stereocenters. The quantitative estimate of drug-likeness (QED) is 0.582. The molecule has 0 bridgehead atoms. The molecule has 0 saturated heterocycles. The zero-order valence-corrected chi connectivity index (χ0v) is 10.8. The summed E-state index contributed by atoms with van der Waals surface area (Å²) >= 11 is 0. The summed E-state index contributed by atoms with van der Waals surface area (Å²) in [4.78, 5) is 14.1. The van der Waals surface area contributed by atoms with E-state index in [4.69, 9.17) is 5.73 Å². The minimum atomic E-state index is 0.188. The van der Waals surface area contributed by atoms with Gasteiger partial charge in [-0.25, -0.2) is 0 Å². The Bertz CT molecular complexity index is 346. The Hall–Kier alpha value is -1.35. The van der Waals surface area contributed by atoms with E-state index in [1.54, 1.807) is 24.3 Å². The molecule has 0 aliphatic rings. The van der Waals surface area contributed by atoms with Crippen molar-refractivity contribution in [2.24, 2.45) is 0 Å². The number of anilines is 1. The second kappa shape index (κ2) is 7.07. The van der Waals surface area contributed by atoms with Gasteiger partial charge in [-0.05, 0) is 44.3 Å². The first-order valence-corrected chi connectivity index (χ1v) is 6.20. The molecule has 0 aromatic heterocycles. The third-order valence-corrected chi connectivity index (χ3v) is 2.85. The fraction of sp³-hybridized carbons (Fsp3) is 0.500. The third kappa shape index (κ3) is 5.00. The fourth-order valence-corrected chi connectivity index (χ4v) is 1.65. The molecule has 3 nitrogen and oxygen atoms in total. The number of ketones is 1. The van der Waals surface area contributed by atoms with Gasteiger partial charge in [-0.1, -0.05) is 13.3 Å². The van der Waals surface area contributed by atoms with Gasteiger partial charge in [-0.15, -0.1) is 0 Å². The average Bonchev–Trinajstić information content (AvgIpc) is 2.34. The molecule has 0 aliphatic carbocycles. The van der Waals surface area contributed by atoms with Crippen LogP contribution in [0.5, 0.6) is 0 Å². The van der Waals surface area contributed by atoms with Crippen LogP contribution in [-0.2, 0) is 0 Å². The highest BCUT2D eigenvalue weighted by Crippen LogP contribution is 2.08. The predicted octanol–water partition coefficient (Wildman–Crippen LogP) is 2.57. The lowest BCUT2D eigenvalue weighted by Crippen LogP contribution is -2.22. The van der Waals surface area contributed by atoms with E-state index in [-0.39, 0.29) is 5.78 Å². The molecule has 0 unspecified atom stereocenters. The molecule has 0 saturated carbocycles. The number of Topliss-reactive ketones (excluding diaryl/α,β-unsaturated/α-hetero) is 1. The number of rotatable bonds is 7. The summed E-state index contributed by atoms with van der Waals surface area (Å²) in [5.74, 6) is 0.188. The van der Waals surface area contributed by atoms with Gasteiger partial charge in [0.25, 0.3) is 0 Å². The topological polar surface area (TPSA) is 46.3 Å². The Morgan fingerprint density at radius 1 is 1.24 bits per heavy atom. The van der Waals surface area contributed by atoms with Gasteiger partial charge in [0.1, 0.15) is 0 Å². The number of nitrogens with two attached hydrogens (primary N) is 1. The molecule has 0 fully saturated rings. The lowest BCUT2D eigenvalue weighted by Gasteiger charge is -2.15. The van der Waals surface area contributed by atoms with Crippen LogP contribution in [-0.4, -0.2) is 30.8 Å². The minimum Gasteiger partial charge on any atom is -0.399 e. The van der Waals surface area contributed by atoms with Gasteiger partial charge in [-0.2, -0.15) is 0 Å². The second-order valence-corrected chi connectivity index (χ2v) is 4.45. The van der Waals surface area contributed by atoms with Crippen LogP contribution in [0.1, 0.15) is 36.5 Å². The number of nitrogens with zero attached hydrogens (tertiary/aromatic N) is 1. The normalized spacial score (nSPS) is 10.8. The van der Waals surface area contributed by atoms with E-state index in [0.29, 0.717) is 12.1 Å². The van der Waals surface area contributed by atoms with Crippen LogP contribution in [0.15, 0.2) is 24.3 Å². The van der Waals surface area contributed by atoms with E-state index in [1.165, 1.54) is 12.8 Å². The van der Waals surface area contributed by atoms with E-state index < -0.39 is 0 Å². The van der Waals surface area contributed by atoms with Crippen molar-refractivity contribution in [3.63, 3.8) is 0 Å². The Labute approximate surface area is 104 Å². The summed E-state index contributed by atoms with van der Waals surface area (Å²) in [6.07, 6.45) is 2.95. The molecule has 2 N–H and O–H groups in total. The molecule has 0 amide bonds. The maximum Gasteiger partial charge on any atom is 0.164 e. The van der Waals surface area contributed by atoms with Crippen LogP contribution >= 0.6 is 0 Å². The lowest BCUT2D eigenvalue weighted by molar-refractivity contribution is 0.0969. The molecule has 0 heterocycles. The van der Waals surface area contributed by atoms with Gasteiger partial charge < -0.3 is 10.6 Å². The zero-order chi connectivity index (χ0) is 12.7. The number of hydrogen-bond donors (Lipinski definition) is 1. The third-order valence-electron chi connectivity index (χ3n) is 2.85. The lowest BCUT2D eigenvalue weighted by atomic mass is 10.1. The van der Waals surface area contributed by atoms with Gasteiger partial charge in [0.2, 0.25) is 0 Å². The van der Waals surface area contributed by atoms with Crippen LogP contribution in [0.25, 0.3) is 0 Å². The van der Waals surface area contributed by atoms with Crippen LogP contribution in [0.3, 0.4) is 0 Å². The number of benzene rings is 1. The first kappa shape index (κ1) is 13.7. The molecule has 1 aromatic carbocycles. The second-order valence-electron chi connectivity index (χ2n) is 4.45. The smallest absolute Gasteiger partial charge is 0.164 e. The van der Waals surface area contributed by atoms with Gasteiger partial charge in [0.05, 0.1) is 0 Å². The van der Waals surface area contributed by atoms with E-state index >= 15 is 0 Å². The Balaban J connectivity index is 2.36. The number of nitrogen functional groups attached to an aromatic ring is 1. The van der Waals surface area contributed by atoms with Crippen molar-refractivity contribution in [2.75, 3.05) is 25.9 Å². The SMILES string of the molecule is CCCCN(C)CCC(=O)c1ccc(N)cc1. The molecule has 94 valence electrons. The molecule has 1 aromatic rings. The molecule has 0 spiro atoms. The van der Waals surface area contributed by atoms with Gasteiger partial charge >= 0.3 is 0 Å². The van der Waals surface area contributed by atoms with Gasteiger partial charge in [-0.3, -0.25) is 4.79 Å². The highest BCUT2D eigenvalue weighted by molar-refractivity contribution is 5.96. The van der Waals surface area contributed by atoms with Crippen molar-refractivity contribution in [1.29, 1.82) is 0 Å². The number of carbonyl (C=O) groups is 1. The van der Waals surface area contributed by atoms with E-state index in [9.17, 15) is 4.79 Å². The summed E-state index contributed by atoms with van der Waals surface area (Å²) in [7, 11) is 2.06. The first-order chi connectivity index (χ1) is 8.13. The van der Waals surface area contributed by atoms with E-state index in [2.05, 4.69) is 18.9 Å². The van der Waals surface area contributed by atoms with Crippen molar-refractivity contribution in [2.45, 2.75) is 26.2 Å². The van der Waals surface area contributed by atoms with Crippen molar-refractivity contribution < 1.29 is 4.79 Å². The average molecular weight is 234 g/mol. The maximum atomic E-state index is 11.9. The standard InChI is InChI=1S/C14H22N2O/c1-3-4-10-16(2)11-9-14(17)12-5-7-13(15)8-6-12/h5-8H,3-4,9-11,15H2,1-2H3. The van der Waals surface area contributed by atoms with Crippen molar-refractivity contribution in [3.8, 4) is 0 Å². The van der Waals surface area contributed by atoms with Crippen molar-refractivity contribution in [3.05, 3.63) is 29.8 Å². The summed E-state index contributed by atoms with van der Waals surface area (Å²) in [5, 5.41) is 0. The number of carbonyl (C=O) groups excluding carboxylic acids is 1. The predicted molar refractivity (Wildman–Crippen MR) is 72.2 cm³/mol. The highest BCUT2D eigenvalue weighted by atomic mass is 16.1. The minimum absolute atomic E-state index is 0.188. The summed E-state index contributed by atoms with van der Waals surface area (Å²) in [6.45, 7) is 4.06. The number of unbranched alkanes of at least 4 members (excludes halogenated alkanes) is 1. The maximum absolute atomic E-state index is 11.9. The summed E-state index contributed by atoms with van der Waals surface area (Å²) in [5.41, 5.74) is 7.03. The molecule has 3 heteroatoms. The molecule has 0 aliphatic heterocycles.